The maximum Gasteiger partial charge on any atom is 0.356 e. The highest BCUT2D eigenvalue weighted by molar-refractivity contribution is 5.87. The molecular formula is C16H18N2O3. The number of hydrogen-bond acceptors (Lipinski definition) is 4. The van der Waals surface area contributed by atoms with Crippen LogP contribution in [0.4, 0.5) is 0 Å². The number of benzene rings is 1. The average molecular weight is 286 g/mol. The van der Waals surface area contributed by atoms with Gasteiger partial charge in [0.05, 0.1) is 38.4 Å². The summed E-state index contributed by atoms with van der Waals surface area (Å²) < 4.78 is 12.2. The van der Waals surface area contributed by atoms with Crippen molar-refractivity contribution in [2.75, 3.05) is 19.8 Å². The van der Waals surface area contributed by atoms with Gasteiger partial charge in [-0.1, -0.05) is 30.3 Å². The third-order valence-corrected chi connectivity index (χ3v) is 3.73. The fourth-order valence-corrected chi connectivity index (χ4v) is 2.31. The zero-order chi connectivity index (χ0) is 14.7. The van der Waals surface area contributed by atoms with Gasteiger partial charge in [0.2, 0.25) is 0 Å². The Hall–Kier alpha value is -2.14. The summed E-state index contributed by atoms with van der Waals surface area (Å²) in [5.74, 6) is -0.000880. The number of esters is 1. The average Bonchev–Trinajstić information content (AvgIpc) is 2.95. The molecule has 1 aromatic carbocycles. The Balaban J connectivity index is 1.72. The van der Waals surface area contributed by atoms with Crippen molar-refractivity contribution in [1.29, 1.82) is 0 Å². The molecule has 110 valence electrons. The monoisotopic (exact) mass is 286 g/mol. The van der Waals surface area contributed by atoms with Crippen LogP contribution in [0.25, 0.3) is 0 Å². The Morgan fingerprint density at radius 2 is 2.19 bits per heavy atom. The number of carbonyl (C=O) groups excluding carboxylic acids is 1. The standard InChI is InChI=1S/C16H18N2O3/c1-12(14-5-3-2-4-6-14)18-11-17-7-15(18)16(19)21-10-13-8-20-9-13/h2-7,11-13H,8-10H2,1H3/t12-/m1/s1. The molecule has 0 bridgehead atoms. The Morgan fingerprint density at radius 3 is 2.86 bits per heavy atom. The molecule has 5 heteroatoms. The largest absolute Gasteiger partial charge is 0.460 e. The van der Waals surface area contributed by atoms with Crippen LogP contribution in [0.5, 0.6) is 0 Å². The lowest BCUT2D eigenvalue weighted by Gasteiger charge is -2.25. The van der Waals surface area contributed by atoms with E-state index in [2.05, 4.69) is 4.98 Å². The van der Waals surface area contributed by atoms with E-state index in [1.807, 2.05) is 41.8 Å². The molecule has 5 nitrogen and oxygen atoms in total. The van der Waals surface area contributed by atoms with Gasteiger partial charge < -0.3 is 14.0 Å². The highest BCUT2D eigenvalue weighted by atomic mass is 16.5. The van der Waals surface area contributed by atoms with Crippen LogP contribution in [0.3, 0.4) is 0 Å². The molecule has 1 aromatic heterocycles. The molecule has 1 aliphatic rings. The molecule has 0 spiro atoms. The minimum absolute atomic E-state index is 0.0308. The van der Waals surface area contributed by atoms with Crippen LogP contribution in [0.1, 0.15) is 29.0 Å². The van der Waals surface area contributed by atoms with Gasteiger partial charge in [0.15, 0.2) is 0 Å². The van der Waals surface area contributed by atoms with E-state index in [-0.39, 0.29) is 12.0 Å². The van der Waals surface area contributed by atoms with Crippen LogP contribution in [-0.4, -0.2) is 35.3 Å². The zero-order valence-corrected chi connectivity index (χ0v) is 11.9. The summed E-state index contributed by atoms with van der Waals surface area (Å²) in [4.78, 5) is 16.3. The van der Waals surface area contributed by atoms with Crippen molar-refractivity contribution in [3.63, 3.8) is 0 Å². The minimum Gasteiger partial charge on any atom is -0.460 e. The van der Waals surface area contributed by atoms with Crippen molar-refractivity contribution < 1.29 is 14.3 Å². The lowest BCUT2D eigenvalue weighted by molar-refractivity contribution is -0.0616. The van der Waals surface area contributed by atoms with Gasteiger partial charge in [0, 0.05) is 5.92 Å². The van der Waals surface area contributed by atoms with E-state index >= 15 is 0 Å². The summed E-state index contributed by atoms with van der Waals surface area (Å²) in [7, 11) is 0. The van der Waals surface area contributed by atoms with E-state index in [1.54, 1.807) is 12.5 Å². The van der Waals surface area contributed by atoms with E-state index < -0.39 is 0 Å². The molecular weight excluding hydrogens is 268 g/mol. The summed E-state index contributed by atoms with van der Waals surface area (Å²) in [5, 5.41) is 0. The fraction of sp³-hybridized carbons (Fsp3) is 0.375. The highest BCUT2D eigenvalue weighted by Gasteiger charge is 2.23. The first-order valence-electron chi connectivity index (χ1n) is 7.07. The van der Waals surface area contributed by atoms with Crippen LogP contribution in [-0.2, 0) is 9.47 Å². The molecule has 0 aliphatic carbocycles. The Morgan fingerprint density at radius 1 is 1.43 bits per heavy atom. The number of aromatic nitrogens is 2. The molecule has 0 amide bonds. The second-order valence-electron chi connectivity index (χ2n) is 5.27. The third-order valence-electron chi connectivity index (χ3n) is 3.73. The van der Waals surface area contributed by atoms with Crippen molar-refractivity contribution in [2.24, 2.45) is 5.92 Å². The second-order valence-corrected chi connectivity index (χ2v) is 5.27. The molecule has 2 heterocycles. The molecule has 1 aliphatic heterocycles. The van der Waals surface area contributed by atoms with Gasteiger partial charge in [0.25, 0.3) is 0 Å². The van der Waals surface area contributed by atoms with Gasteiger partial charge in [-0.15, -0.1) is 0 Å². The third kappa shape index (κ3) is 2.97. The van der Waals surface area contributed by atoms with Gasteiger partial charge in [-0.3, -0.25) is 0 Å². The molecule has 0 radical (unpaired) electrons. The first-order chi connectivity index (χ1) is 10.3. The SMILES string of the molecule is C[C@H](c1ccccc1)n1cncc1C(=O)OCC1COC1. The lowest BCUT2D eigenvalue weighted by atomic mass is 10.1. The molecule has 3 rings (SSSR count). The number of ether oxygens (including phenoxy) is 2. The predicted molar refractivity (Wildman–Crippen MR) is 77.1 cm³/mol. The Bertz CT molecular complexity index is 605. The number of nitrogens with zero attached hydrogens (tertiary/aromatic N) is 2. The number of hydrogen-bond donors (Lipinski definition) is 0. The molecule has 2 aromatic rings. The van der Waals surface area contributed by atoms with Crippen LogP contribution in [0.15, 0.2) is 42.9 Å². The zero-order valence-electron chi connectivity index (χ0n) is 11.9. The van der Waals surface area contributed by atoms with E-state index in [9.17, 15) is 4.79 Å². The van der Waals surface area contributed by atoms with Gasteiger partial charge >= 0.3 is 5.97 Å². The second kappa shape index (κ2) is 6.10. The highest BCUT2D eigenvalue weighted by Crippen LogP contribution is 2.20. The lowest BCUT2D eigenvalue weighted by Crippen LogP contribution is -2.32. The van der Waals surface area contributed by atoms with Crippen LogP contribution >= 0.6 is 0 Å². The topological polar surface area (TPSA) is 53.4 Å². The van der Waals surface area contributed by atoms with Crippen molar-refractivity contribution in [2.45, 2.75) is 13.0 Å². The van der Waals surface area contributed by atoms with Crippen molar-refractivity contribution in [3.8, 4) is 0 Å². The van der Waals surface area contributed by atoms with Crippen molar-refractivity contribution >= 4 is 5.97 Å². The maximum absolute atomic E-state index is 12.2. The first-order valence-corrected chi connectivity index (χ1v) is 7.07. The van der Waals surface area contributed by atoms with Crippen molar-refractivity contribution in [3.05, 3.63) is 54.1 Å². The van der Waals surface area contributed by atoms with E-state index in [0.717, 1.165) is 5.56 Å². The van der Waals surface area contributed by atoms with Crippen LogP contribution < -0.4 is 0 Å². The summed E-state index contributed by atoms with van der Waals surface area (Å²) in [5.41, 5.74) is 1.60. The molecule has 1 saturated heterocycles. The number of imidazole rings is 1. The summed E-state index contributed by atoms with van der Waals surface area (Å²) in [6, 6.07) is 10.0. The Labute approximate surface area is 123 Å². The van der Waals surface area contributed by atoms with E-state index in [4.69, 9.17) is 9.47 Å². The molecule has 21 heavy (non-hydrogen) atoms. The molecule has 1 fully saturated rings. The number of carbonyl (C=O) groups is 1. The van der Waals surface area contributed by atoms with Gasteiger partial charge in [-0.2, -0.15) is 0 Å². The quantitative estimate of drug-likeness (QED) is 0.791. The van der Waals surface area contributed by atoms with Gasteiger partial charge in [0.1, 0.15) is 5.69 Å². The normalized spacial score (nSPS) is 16.2. The summed E-state index contributed by atoms with van der Waals surface area (Å²) in [6.07, 6.45) is 3.22. The van der Waals surface area contributed by atoms with E-state index in [0.29, 0.717) is 31.4 Å². The van der Waals surface area contributed by atoms with Crippen LogP contribution in [0.2, 0.25) is 0 Å². The van der Waals surface area contributed by atoms with Crippen molar-refractivity contribution in [1.82, 2.24) is 9.55 Å². The first kappa shape index (κ1) is 13.8. The minimum atomic E-state index is -0.331. The smallest absolute Gasteiger partial charge is 0.356 e. The maximum atomic E-state index is 12.2. The molecule has 1 atom stereocenters. The Kier molecular flexibility index (Phi) is 4.01. The molecule has 0 N–H and O–H groups in total. The summed E-state index contributed by atoms with van der Waals surface area (Å²) >= 11 is 0. The molecule has 0 saturated carbocycles. The van der Waals surface area contributed by atoms with Gasteiger partial charge in [-0.05, 0) is 12.5 Å². The van der Waals surface area contributed by atoms with Gasteiger partial charge in [-0.25, -0.2) is 9.78 Å². The fourth-order valence-electron chi connectivity index (χ4n) is 2.31. The number of rotatable bonds is 5. The van der Waals surface area contributed by atoms with Crippen LogP contribution in [0, 0.1) is 5.92 Å². The summed E-state index contributed by atoms with van der Waals surface area (Å²) in [6.45, 7) is 3.79. The van der Waals surface area contributed by atoms with E-state index in [1.165, 1.54) is 0 Å². The molecule has 0 unspecified atom stereocenters. The predicted octanol–water partition coefficient (Wildman–Crippen LogP) is 2.30.